The minimum atomic E-state index is 0.784. The fraction of sp³-hybridized carbons (Fsp3) is 0.625. The van der Waals surface area contributed by atoms with E-state index in [9.17, 15) is 0 Å². The Morgan fingerprint density at radius 3 is 2.67 bits per heavy atom. The molecule has 1 heterocycles. The van der Waals surface area contributed by atoms with Crippen molar-refractivity contribution in [1.29, 1.82) is 0 Å². The normalized spacial score (nSPS) is 20.6. The van der Waals surface area contributed by atoms with Gasteiger partial charge >= 0.3 is 0 Å². The smallest absolute Gasteiger partial charge is 0.0340 e. The summed E-state index contributed by atoms with van der Waals surface area (Å²) in [5, 5.41) is 3.52. The monoisotopic (exact) mass is 246 g/mol. The molecular formula is C16H26N2. The molecule has 0 bridgehead atoms. The van der Waals surface area contributed by atoms with Gasteiger partial charge in [-0.15, -0.1) is 0 Å². The van der Waals surface area contributed by atoms with Gasteiger partial charge in [0.1, 0.15) is 0 Å². The zero-order valence-electron chi connectivity index (χ0n) is 11.9. The summed E-state index contributed by atoms with van der Waals surface area (Å²) in [4.78, 5) is 2.64. The van der Waals surface area contributed by atoms with Crippen molar-refractivity contribution in [3.8, 4) is 0 Å². The third kappa shape index (κ3) is 3.49. The lowest BCUT2D eigenvalue weighted by Crippen LogP contribution is -2.36. The quantitative estimate of drug-likeness (QED) is 0.855. The highest BCUT2D eigenvalue weighted by molar-refractivity contribution is 5.44. The molecule has 1 N–H and O–H groups in total. The predicted octanol–water partition coefficient (Wildman–Crippen LogP) is 3.53. The van der Waals surface area contributed by atoms with Crippen molar-refractivity contribution in [2.45, 2.75) is 39.7 Å². The Labute approximate surface area is 111 Å². The molecule has 1 unspecified atom stereocenters. The maximum atomic E-state index is 3.52. The molecule has 1 aliphatic heterocycles. The minimum Gasteiger partial charge on any atom is -0.384 e. The van der Waals surface area contributed by atoms with Crippen molar-refractivity contribution >= 4 is 5.69 Å². The first-order chi connectivity index (χ1) is 8.66. The van der Waals surface area contributed by atoms with Crippen LogP contribution in [0.2, 0.25) is 0 Å². The number of aryl methyl sites for hydroxylation is 1. The van der Waals surface area contributed by atoms with Gasteiger partial charge in [-0.2, -0.15) is 0 Å². The molecule has 0 aromatic heterocycles. The van der Waals surface area contributed by atoms with E-state index in [1.54, 1.807) is 0 Å². The van der Waals surface area contributed by atoms with Crippen molar-refractivity contribution in [2.75, 3.05) is 25.0 Å². The molecule has 2 rings (SSSR count). The topological polar surface area (TPSA) is 15.3 Å². The molecule has 1 aromatic carbocycles. The molecule has 0 aliphatic carbocycles. The number of nitrogens with one attached hydrogen (secondary N) is 1. The highest BCUT2D eigenvalue weighted by Crippen LogP contribution is 2.23. The fourth-order valence-corrected chi connectivity index (χ4v) is 2.90. The molecule has 1 aromatic rings. The summed E-state index contributed by atoms with van der Waals surface area (Å²) in [6.45, 7) is 10.3. The lowest BCUT2D eigenvalue weighted by atomic mass is 10.0. The Kier molecular flexibility index (Phi) is 4.65. The first kappa shape index (κ1) is 13.4. The molecule has 0 spiro atoms. The summed E-state index contributed by atoms with van der Waals surface area (Å²) in [6, 6.07) is 9.45. The molecule has 18 heavy (non-hydrogen) atoms. The maximum absolute atomic E-state index is 3.52. The third-order valence-electron chi connectivity index (χ3n) is 3.96. The van der Waals surface area contributed by atoms with E-state index in [1.807, 2.05) is 0 Å². The standard InChI is InChI=1S/C16H26N2/c1-13(2)16-5-4-11-18(16)12-10-17-15-8-6-14(3)7-9-15/h6-9,13,16-17H,4-5,10-12H2,1-3H3. The highest BCUT2D eigenvalue weighted by Gasteiger charge is 2.26. The lowest BCUT2D eigenvalue weighted by Gasteiger charge is -2.27. The van der Waals surface area contributed by atoms with Crippen LogP contribution in [0.1, 0.15) is 32.3 Å². The number of hydrogen-bond acceptors (Lipinski definition) is 2. The predicted molar refractivity (Wildman–Crippen MR) is 79.1 cm³/mol. The Balaban J connectivity index is 1.76. The van der Waals surface area contributed by atoms with Gasteiger partial charge in [0.05, 0.1) is 0 Å². The van der Waals surface area contributed by atoms with Gasteiger partial charge in [-0.05, 0) is 44.4 Å². The van der Waals surface area contributed by atoms with E-state index in [0.717, 1.165) is 25.0 Å². The van der Waals surface area contributed by atoms with Gasteiger partial charge in [0.2, 0.25) is 0 Å². The van der Waals surface area contributed by atoms with Gasteiger partial charge in [0.25, 0.3) is 0 Å². The van der Waals surface area contributed by atoms with Crippen LogP contribution in [0.25, 0.3) is 0 Å². The summed E-state index contributed by atoms with van der Waals surface area (Å²) in [6.07, 6.45) is 2.75. The van der Waals surface area contributed by atoms with Crippen molar-refractivity contribution in [3.05, 3.63) is 29.8 Å². The zero-order valence-corrected chi connectivity index (χ0v) is 11.9. The van der Waals surface area contributed by atoms with Gasteiger partial charge in [-0.3, -0.25) is 4.90 Å². The molecule has 1 saturated heterocycles. The van der Waals surface area contributed by atoms with Gasteiger partial charge in [0.15, 0.2) is 0 Å². The van der Waals surface area contributed by atoms with Gasteiger partial charge in [0, 0.05) is 24.8 Å². The Bertz CT molecular complexity index is 356. The van der Waals surface area contributed by atoms with Crippen LogP contribution in [0.15, 0.2) is 24.3 Å². The molecule has 100 valence electrons. The summed E-state index contributed by atoms with van der Waals surface area (Å²) in [7, 11) is 0. The average molecular weight is 246 g/mol. The number of likely N-dealkylation sites (tertiary alicyclic amines) is 1. The van der Waals surface area contributed by atoms with E-state index < -0.39 is 0 Å². The molecule has 0 amide bonds. The second-order valence-corrected chi connectivity index (χ2v) is 5.78. The molecule has 2 heteroatoms. The summed E-state index contributed by atoms with van der Waals surface area (Å²) < 4.78 is 0. The van der Waals surface area contributed by atoms with E-state index in [-0.39, 0.29) is 0 Å². The van der Waals surface area contributed by atoms with Crippen LogP contribution in [0.5, 0.6) is 0 Å². The van der Waals surface area contributed by atoms with Crippen LogP contribution in [-0.4, -0.2) is 30.6 Å². The van der Waals surface area contributed by atoms with Crippen LogP contribution in [0, 0.1) is 12.8 Å². The molecule has 1 fully saturated rings. The van der Waals surface area contributed by atoms with E-state index in [2.05, 4.69) is 55.3 Å². The number of rotatable bonds is 5. The summed E-state index contributed by atoms with van der Waals surface area (Å²) >= 11 is 0. The number of nitrogens with zero attached hydrogens (tertiary/aromatic N) is 1. The summed E-state index contributed by atoms with van der Waals surface area (Å²) in [5.74, 6) is 0.784. The van der Waals surface area contributed by atoms with Gasteiger partial charge in [-0.25, -0.2) is 0 Å². The van der Waals surface area contributed by atoms with Crippen LogP contribution >= 0.6 is 0 Å². The fourth-order valence-electron chi connectivity index (χ4n) is 2.90. The SMILES string of the molecule is Cc1ccc(NCCN2CCCC2C(C)C)cc1. The molecule has 0 radical (unpaired) electrons. The van der Waals surface area contributed by atoms with E-state index >= 15 is 0 Å². The van der Waals surface area contributed by atoms with Crippen LogP contribution in [-0.2, 0) is 0 Å². The first-order valence-electron chi connectivity index (χ1n) is 7.21. The number of hydrogen-bond donors (Lipinski definition) is 1. The lowest BCUT2D eigenvalue weighted by molar-refractivity contribution is 0.214. The Morgan fingerprint density at radius 2 is 2.00 bits per heavy atom. The van der Waals surface area contributed by atoms with Crippen molar-refractivity contribution < 1.29 is 0 Å². The zero-order chi connectivity index (χ0) is 13.0. The number of benzene rings is 1. The molecular weight excluding hydrogens is 220 g/mol. The maximum Gasteiger partial charge on any atom is 0.0340 e. The van der Waals surface area contributed by atoms with Gasteiger partial charge < -0.3 is 5.32 Å². The van der Waals surface area contributed by atoms with Crippen LogP contribution < -0.4 is 5.32 Å². The minimum absolute atomic E-state index is 0.784. The van der Waals surface area contributed by atoms with Crippen molar-refractivity contribution in [2.24, 2.45) is 5.92 Å². The van der Waals surface area contributed by atoms with E-state index in [0.29, 0.717) is 0 Å². The Hall–Kier alpha value is -1.02. The average Bonchev–Trinajstić information content (AvgIpc) is 2.80. The van der Waals surface area contributed by atoms with E-state index in [1.165, 1.54) is 30.6 Å². The highest BCUT2D eigenvalue weighted by atomic mass is 15.2. The second-order valence-electron chi connectivity index (χ2n) is 5.78. The molecule has 0 saturated carbocycles. The largest absolute Gasteiger partial charge is 0.384 e. The molecule has 1 atom stereocenters. The first-order valence-corrected chi connectivity index (χ1v) is 7.21. The third-order valence-corrected chi connectivity index (χ3v) is 3.96. The van der Waals surface area contributed by atoms with Gasteiger partial charge in [-0.1, -0.05) is 31.5 Å². The van der Waals surface area contributed by atoms with Crippen LogP contribution in [0.3, 0.4) is 0 Å². The van der Waals surface area contributed by atoms with E-state index in [4.69, 9.17) is 0 Å². The second kappa shape index (κ2) is 6.24. The molecule has 1 aliphatic rings. The van der Waals surface area contributed by atoms with Crippen LogP contribution in [0.4, 0.5) is 5.69 Å². The van der Waals surface area contributed by atoms with Crippen molar-refractivity contribution in [3.63, 3.8) is 0 Å². The Morgan fingerprint density at radius 1 is 1.28 bits per heavy atom. The molecule has 2 nitrogen and oxygen atoms in total. The van der Waals surface area contributed by atoms with Crippen molar-refractivity contribution in [1.82, 2.24) is 4.90 Å². The number of anilines is 1. The summed E-state index contributed by atoms with van der Waals surface area (Å²) in [5.41, 5.74) is 2.56.